The van der Waals surface area contributed by atoms with Gasteiger partial charge in [-0.1, -0.05) is 23.7 Å². The van der Waals surface area contributed by atoms with Crippen molar-refractivity contribution in [1.82, 2.24) is 10.2 Å². The second-order valence-electron chi connectivity index (χ2n) is 5.88. The number of aliphatic hydroxyl groups excluding tert-OH is 1. The van der Waals surface area contributed by atoms with Crippen LogP contribution in [0, 0.1) is 5.92 Å². The van der Waals surface area contributed by atoms with Crippen LogP contribution in [-0.4, -0.2) is 35.7 Å². The fourth-order valence-electron chi connectivity index (χ4n) is 2.30. The fraction of sp³-hybridized carbons (Fsp3) is 0.562. The largest absolute Gasteiger partial charge is 0.393 e. The van der Waals surface area contributed by atoms with E-state index in [0.29, 0.717) is 23.9 Å². The summed E-state index contributed by atoms with van der Waals surface area (Å²) in [6.45, 7) is 2.27. The highest BCUT2D eigenvalue weighted by Crippen LogP contribution is 2.41. The maximum absolute atomic E-state index is 12.2. The summed E-state index contributed by atoms with van der Waals surface area (Å²) in [6.07, 6.45) is 2.48. The van der Waals surface area contributed by atoms with Gasteiger partial charge < -0.3 is 15.3 Å². The molecule has 1 aromatic rings. The smallest absolute Gasteiger partial charge is 0.317 e. The first-order valence-electron chi connectivity index (χ1n) is 7.42. The minimum atomic E-state index is -0.393. The molecule has 0 spiro atoms. The molecular formula is C16H23ClN2O2. The molecule has 1 fully saturated rings. The monoisotopic (exact) mass is 310 g/mol. The summed E-state index contributed by atoms with van der Waals surface area (Å²) in [6, 6.07) is 7.61. The highest BCUT2D eigenvalue weighted by molar-refractivity contribution is 6.30. The molecule has 0 aliphatic heterocycles. The topological polar surface area (TPSA) is 52.6 Å². The Balaban J connectivity index is 1.96. The van der Waals surface area contributed by atoms with Crippen LogP contribution >= 0.6 is 11.6 Å². The van der Waals surface area contributed by atoms with Crippen molar-refractivity contribution in [2.24, 2.45) is 5.92 Å². The second kappa shape index (κ2) is 7.14. The number of carbonyl (C=O) groups is 1. The van der Waals surface area contributed by atoms with E-state index >= 15 is 0 Å². The van der Waals surface area contributed by atoms with Crippen LogP contribution in [-0.2, 0) is 0 Å². The normalized spacial score (nSPS) is 17.1. The third-order valence-electron chi connectivity index (χ3n) is 3.83. The Morgan fingerprint density at radius 2 is 2.05 bits per heavy atom. The predicted octanol–water partition coefficient (Wildman–Crippen LogP) is 3.20. The van der Waals surface area contributed by atoms with E-state index in [2.05, 4.69) is 5.32 Å². The average molecular weight is 311 g/mol. The summed E-state index contributed by atoms with van der Waals surface area (Å²) >= 11 is 5.92. The van der Waals surface area contributed by atoms with Gasteiger partial charge in [0, 0.05) is 18.6 Å². The summed E-state index contributed by atoms with van der Waals surface area (Å²) in [5, 5.41) is 13.1. The number of hydrogen-bond acceptors (Lipinski definition) is 2. The molecule has 2 atom stereocenters. The van der Waals surface area contributed by atoms with Crippen LogP contribution in [0.4, 0.5) is 4.79 Å². The lowest BCUT2D eigenvalue weighted by atomic mass is 10.0. The van der Waals surface area contributed by atoms with Crippen molar-refractivity contribution in [3.63, 3.8) is 0 Å². The Morgan fingerprint density at radius 1 is 1.43 bits per heavy atom. The van der Waals surface area contributed by atoms with Gasteiger partial charge in [0.25, 0.3) is 0 Å². The number of nitrogens with one attached hydrogen (secondary N) is 1. The zero-order valence-corrected chi connectivity index (χ0v) is 13.3. The third kappa shape index (κ3) is 4.90. The van der Waals surface area contributed by atoms with Crippen molar-refractivity contribution in [2.45, 2.75) is 38.3 Å². The van der Waals surface area contributed by atoms with Crippen molar-refractivity contribution >= 4 is 17.6 Å². The molecule has 1 aliphatic carbocycles. The molecule has 4 nitrogen and oxygen atoms in total. The highest BCUT2D eigenvalue weighted by atomic mass is 35.5. The Morgan fingerprint density at radius 3 is 2.57 bits per heavy atom. The van der Waals surface area contributed by atoms with E-state index in [9.17, 15) is 9.90 Å². The molecule has 2 rings (SSSR count). The minimum Gasteiger partial charge on any atom is -0.393 e. The summed E-state index contributed by atoms with van der Waals surface area (Å²) in [5.74, 6) is 0.514. The summed E-state index contributed by atoms with van der Waals surface area (Å²) in [5.41, 5.74) is 1.10. The van der Waals surface area contributed by atoms with Gasteiger partial charge in [0.05, 0.1) is 12.1 Å². The summed E-state index contributed by atoms with van der Waals surface area (Å²) in [7, 11) is 1.75. The number of nitrogens with zero attached hydrogens (tertiary/aromatic N) is 1. The van der Waals surface area contributed by atoms with E-state index in [0.717, 1.165) is 18.4 Å². The molecule has 2 amide bonds. The zero-order valence-electron chi connectivity index (χ0n) is 12.6. The van der Waals surface area contributed by atoms with Crippen LogP contribution in [0.1, 0.15) is 37.8 Å². The van der Waals surface area contributed by atoms with Gasteiger partial charge in [-0.15, -0.1) is 0 Å². The van der Waals surface area contributed by atoms with Crippen molar-refractivity contribution in [2.75, 3.05) is 13.6 Å². The lowest BCUT2D eigenvalue weighted by Crippen LogP contribution is -2.41. The first-order chi connectivity index (χ1) is 9.97. The van der Waals surface area contributed by atoms with Gasteiger partial charge in [-0.25, -0.2) is 4.79 Å². The van der Waals surface area contributed by atoms with Crippen LogP contribution in [0.3, 0.4) is 0 Å². The SMILES string of the molecule is CC(O)CCN(C)C(=O)NC(c1ccc(Cl)cc1)C1CC1. The van der Waals surface area contributed by atoms with Crippen molar-refractivity contribution < 1.29 is 9.90 Å². The maximum Gasteiger partial charge on any atom is 0.317 e. The zero-order chi connectivity index (χ0) is 15.4. The van der Waals surface area contributed by atoms with Crippen molar-refractivity contribution in [3.8, 4) is 0 Å². The summed E-state index contributed by atoms with van der Waals surface area (Å²) in [4.78, 5) is 13.9. The van der Waals surface area contributed by atoms with E-state index in [1.165, 1.54) is 0 Å². The molecule has 5 heteroatoms. The Hall–Kier alpha value is -1.26. The first-order valence-corrected chi connectivity index (χ1v) is 7.80. The van der Waals surface area contributed by atoms with Gasteiger partial charge in [-0.05, 0) is 49.8 Å². The van der Waals surface area contributed by atoms with Crippen LogP contribution in [0.25, 0.3) is 0 Å². The summed E-state index contributed by atoms with van der Waals surface area (Å²) < 4.78 is 0. The number of amides is 2. The molecule has 116 valence electrons. The van der Waals surface area contributed by atoms with Crippen LogP contribution in [0.15, 0.2) is 24.3 Å². The molecule has 1 aliphatic rings. The van der Waals surface area contributed by atoms with Gasteiger partial charge >= 0.3 is 6.03 Å². The minimum absolute atomic E-state index is 0.0452. The van der Waals surface area contributed by atoms with Crippen molar-refractivity contribution in [3.05, 3.63) is 34.9 Å². The van der Waals surface area contributed by atoms with Gasteiger partial charge in [-0.2, -0.15) is 0 Å². The molecule has 2 unspecified atom stereocenters. The van der Waals surface area contributed by atoms with Gasteiger partial charge in [0.1, 0.15) is 0 Å². The van der Waals surface area contributed by atoms with E-state index in [1.54, 1.807) is 18.9 Å². The number of aliphatic hydroxyl groups is 1. The number of hydrogen-bond donors (Lipinski definition) is 2. The Kier molecular flexibility index (Phi) is 5.48. The quantitative estimate of drug-likeness (QED) is 0.847. The number of carbonyl (C=O) groups excluding carboxylic acids is 1. The van der Waals surface area contributed by atoms with E-state index in [1.807, 2.05) is 24.3 Å². The van der Waals surface area contributed by atoms with Gasteiger partial charge in [0.15, 0.2) is 0 Å². The standard InChI is InChI=1S/C16H23ClN2O2/c1-11(20)9-10-19(2)16(21)18-15(12-3-4-12)13-5-7-14(17)8-6-13/h5-8,11-12,15,20H,3-4,9-10H2,1-2H3,(H,18,21). The fourth-order valence-corrected chi connectivity index (χ4v) is 2.42. The van der Waals surface area contributed by atoms with Crippen LogP contribution < -0.4 is 5.32 Å². The molecule has 21 heavy (non-hydrogen) atoms. The lowest BCUT2D eigenvalue weighted by molar-refractivity contribution is 0.162. The number of urea groups is 1. The predicted molar refractivity (Wildman–Crippen MR) is 84.4 cm³/mol. The lowest BCUT2D eigenvalue weighted by Gasteiger charge is -2.24. The second-order valence-corrected chi connectivity index (χ2v) is 6.31. The highest BCUT2D eigenvalue weighted by Gasteiger charge is 2.33. The molecule has 1 aromatic carbocycles. The number of benzene rings is 1. The van der Waals surface area contributed by atoms with Crippen LogP contribution in [0.5, 0.6) is 0 Å². The Bertz CT molecular complexity index is 472. The van der Waals surface area contributed by atoms with E-state index < -0.39 is 6.10 Å². The van der Waals surface area contributed by atoms with E-state index in [4.69, 9.17) is 11.6 Å². The molecule has 0 saturated heterocycles. The third-order valence-corrected chi connectivity index (χ3v) is 4.08. The van der Waals surface area contributed by atoms with Crippen molar-refractivity contribution in [1.29, 1.82) is 0 Å². The van der Waals surface area contributed by atoms with E-state index in [-0.39, 0.29) is 12.1 Å². The molecule has 0 radical (unpaired) electrons. The maximum atomic E-state index is 12.2. The molecule has 0 aromatic heterocycles. The average Bonchev–Trinajstić information content (AvgIpc) is 3.27. The molecule has 0 heterocycles. The molecule has 1 saturated carbocycles. The molecular weight excluding hydrogens is 288 g/mol. The molecule has 0 bridgehead atoms. The van der Waals surface area contributed by atoms with Crippen LogP contribution in [0.2, 0.25) is 5.02 Å². The molecule has 2 N–H and O–H groups in total. The first kappa shape index (κ1) is 16.1. The number of halogens is 1. The Labute approximate surface area is 131 Å². The van der Waals surface area contributed by atoms with Gasteiger partial charge in [0.2, 0.25) is 0 Å². The van der Waals surface area contributed by atoms with Gasteiger partial charge in [-0.3, -0.25) is 0 Å². The number of rotatable bonds is 6.